The molecule has 4 nitrogen and oxygen atoms in total. The van der Waals surface area contributed by atoms with E-state index in [1.54, 1.807) is 30.6 Å². The predicted octanol–water partition coefficient (Wildman–Crippen LogP) is 3.53. The number of halogens is 1. The van der Waals surface area contributed by atoms with Gasteiger partial charge >= 0.3 is 0 Å². The molecule has 1 atom stereocenters. The summed E-state index contributed by atoms with van der Waals surface area (Å²) in [5, 5.41) is 12.4. The zero-order valence-electron chi connectivity index (χ0n) is 12.3. The fraction of sp³-hybridized carbons (Fsp3) is 0.118. The molecule has 2 aromatic heterocycles. The smallest absolute Gasteiger partial charge is 0.187 e. The molecule has 0 saturated heterocycles. The van der Waals surface area contributed by atoms with Gasteiger partial charge in [-0.05, 0) is 24.0 Å². The summed E-state index contributed by atoms with van der Waals surface area (Å²) in [4.78, 5) is 12.7. The van der Waals surface area contributed by atoms with Gasteiger partial charge in [-0.15, -0.1) is 0 Å². The normalized spacial score (nSPS) is 13.5. The Morgan fingerprint density at radius 1 is 1.00 bits per heavy atom. The summed E-state index contributed by atoms with van der Waals surface area (Å²) in [6.45, 7) is 0. The van der Waals surface area contributed by atoms with Crippen molar-refractivity contribution in [2.24, 2.45) is 0 Å². The molecule has 1 unspecified atom stereocenters. The SMILES string of the molecule is CSc1nccc(C(O)(c2ccccc2)c2cccnc2Cl)n1. The number of thioether (sulfide) groups is 1. The zero-order chi connectivity index (χ0) is 16.3. The van der Waals surface area contributed by atoms with Crippen molar-refractivity contribution in [1.29, 1.82) is 0 Å². The maximum Gasteiger partial charge on any atom is 0.187 e. The summed E-state index contributed by atoms with van der Waals surface area (Å²) in [5.41, 5.74) is 0.109. The van der Waals surface area contributed by atoms with Crippen LogP contribution in [-0.2, 0) is 5.60 Å². The van der Waals surface area contributed by atoms with Gasteiger partial charge in [0.15, 0.2) is 10.8 Å². The van der Waals surface area contributed by atoms with E-state index in [1.807, 2.05) is 36.6 Å². The number of benzene rings is 1. The molecule has 1 N–H and O–H groups in total. The first-order valence-corrected chi connectivity index (χ1v) is 8.53. The summed E-state index contributed by atoms with van der Waals surface area (Å²) < 4.78 is 0. The van der Waals surface area contributed by atoms with Crippen LogP contribution in [0.15, 0.2) is 66.1 Å². The summed E-state index contributed by atoms with van der Waals surface area (Å²) >= 11 is 7.67. The Bertz CT molecular complexity index is 816. The quantitative estimate of drug-likeness (QED) is 0.446. The van der Waals surface area contributed by atoms with E-state index in [2.05, 4.69) is 15.0 Å². The molecule has 0 amide bonds. The first-order chi connectivity index (χ1) is 11.2. The molecule has 0 fully saturated rings. The number of aliphatic hydroxyl groups is 1. The monoisotopic (exact) mass is 343 g/mol. The molecule has 0 spiro atoms. The maximum atomic E-state index is 11.6. The highest BCUT2D eigenvalue weighted by Gasteiger charge is 2.37. The van der Waals surface area contributed by atoms with E-state index < -0.39 is 5.60 Å². The lowest BCUT2D eigenvalue weighted by Crippen LogP contribution is -2.31. The Balaban J connectivity index is 2.28. The molecule has 0 aliphatic rings. The summed E-state index contributed by atoms with van der Waals surface area (Å²) in [6.07, 6.45) is 5.11. The number of pyridine rings is 1. The van der Waals surface area contributed by atoms with Crippen molar-refractivity contribution in [2.45, 2.75) is 10.8 Å². The highest BCUT2D eigenvalue weighted by molar-refractivity contribution is 7.98. The van der Waals surface area contributed by atoms with Crippen molar-refractivity contribution in [3.8, 4) is 0 Å². The number of rotatable bonds is 4. The third-order valence-electron chi connectivity index (χ3n) is 3.53. The van der Waals surface area contributed by atoms with Gasteiger partial charge in [-0.25, -0.2) is 15.0 Å². The number of nitrogens with zero attached hydrogens (tertiary/aromatic N) is 3. The Morgan fingerprint density at radius 3 is 2.48 bits per heavy atom. The van der Waals surface area contributed by atoms with Gasteiger partial charge < -0.3 is 5.11 Å². The van der Waals surface area contributed by atoms with Crippen LogP contribution in [0.3, 0.4) is 0 Å². The van der Waals surface area contributed by atoms with Gasteiger partial charge in [0.2, 0.25) is 0 Å². The summed E-state index contributed by atoms with van der Waals surface area (Å²) in [7, 11) is 0. The van der Waals surface area contributed by atoms with Crippen molar-refractivity contribution in [3.63, 3.8) is 0 Å². The molecule has 1 aromatic carbocycles. The van der Waals surface area contributed by atoms with E-state index >= 15 is 0 Å². The lowest BCUT2D eigenvalue weighted by molar-refractivity contribution is 0.119. The van der Waals surface area contributed by atoms with E-state index in [1.165, 1.54) is 11.8 Å². The second-order valence-electron chi connectivity index (χ2n) is 4.85. The minimum atomic E-state index is -1.50. The largest absolute Gasteiger partial charge is 0.374 e. The van der Waals surface area contributed by atoms with Crippen LogP contribution in [0.2, 0.25) is 5.15 Å². The third kappa shape index (κ3) is 2.95. The minimum absolute atomic E-state index is 0.239. The van der Waals surface area contributed by atoms with Gasteiger partial charge in [-0.2, -0.15) is 0 Å². The van der Waals surface area contributed by atoms with E-state index in [4.69, 9.17) is 11.6 Å². The van der Waals surface area contributed by atoms with Crippen molar-refractivity contribution in [2.75, 3.05) is 6.26 Å². The van der Waals surface area contributed by atoms with Gasteiger partial charge in [-0.1, -0.05) is 59.8 Å². The highest BCUT2D eigenvalue weighted by atomic mass is 35.5. The summed E-state index contributed by atoms with van der Waals surface area (Å²) in [6, 6.07) is 14.5. The van der Waals surface area contributed by atoms with Gasteiger partial charge in [0.25, 0.3) is 0 Å². The van der Waals surface area contributed by atoms with E-state index in [0.29, 0.717) is 22.0 Å². The first kappa shape index (κ1) is 15.9. The van der Waals surface area contributed by atoms with Gasteiger partial charge in [-0.3, -0.25) is 0 Å². The van der Waals surface area contributed by atoms with E-state index in [0.717, 1.165) is 0 Å². The average molecular weight is 344 g/mol. The molecular formula is C17H14ClN3OS. The minimum Gasteiger partial charge on any atom is -0.374 e. The molecular weight excluding hydrogens is 330 g/mol. The van der Waals surface area contributed by atoms with Crippen LogP contribution in [0.25, 0.3) is 0 Å². The average Bonchev–Trinajstić information content (AvgIpc) is 2.62. The Labute approximate surface area is 143 Å². The van der Waals surface area contributed by atoms with Crippen LogP contribution in [0.4, 0.5) is 0 Å². The Morgan fingerprint density at radius 2 is 1.78 bits per heavy atom. The van der Waals surface area contributed by atoms with Crippen LogP contribution < -0.4 is 0 Å². The fourth-order valence-electron chi connectivity index (χ4n) is 2.42. The molecule has 0 aliphatic carbocycles. The molecule has 0 aliphatic heterocycles. The number of hydrogen-bond donors (Lipinski definition) is 1. The second-order valence-corrected chi connectivity index (χ2v) is 5.98. The van der Waals surface area contributed by atoms with Crippen molar-refractivity contribution < 1.29 is 5.11 Å². The van der Waals surface area contributed by atoms with Gasteiger partial charge in [0.05, 0.1) is 5.69 Å². The van der Waals surface area contributed by atoms with E-state index in [9.17, 15) is 5.11 Å². The van der Waals surface area contributed by atoms with Crippen LogP contribution in [0.5, 0.6) is 0 Å². The molecule has 23 heavy (non-hydrogen) atoms. The topological polar surface area (TPSA) is 58.9 Å². The zero-order valence-corrected chi connectivity index (χ0v) is 13.9. The molecule has 2 heterocycles. The fourth-order valence-corrected chi connectivity index (χ4v) is 3.03. The predicted molar refractivity (Wildman–Crippen MR) is 91.6 cm³/mol. The second kappa shape index (κ2) is 6.66. The molecule has 116 valence electrons. The molecule has 0 saturated carbocycles. The van der Waals surface area contributed by atoms with Gasteiger partial charge in [0.1, 0.15) is 5.15 Å². The van der Waals surface area contributed by atoms with Crippen LogP contribution in [0, 0.1) is 0 Å². The lowest BCUT2D eigenvalue weighted by atomic mass is 9.84. The van der Waals surface area contributed by atoms with E-state index in [-0.39, 0.29) is 5.15 Å². The maximum absolute atomic E-state index is 11.6. The van der Waals surface area contributed by atoms with Crippen molar-refractivity contribution in [3.05, 3.63) is 82.9 Å². The van der Waals surface area contributed by atoms with Crippen LogP contribution in [-0.4, -0.2) is 26.3 Å². The van der Waals surface area contributed by atoms with Crippen molar-refractivity contribution in [1.82, 2.24) is 15.0 Å². The number of hydrogen-bond acceptors (Lipinski definition) is 5. The molecule has 6 heteroatoms. The Kier molecular flexibility index (Phi) is 4.61. The first-order valence-electron chi connectivity index (χ1n) is 6.92. The number of aromatic nitrogens is 3. The van der Waals surface area contributed by atoms with Crippen molar-refractivity contribution >= 4 is 23.4 Å². The standard InChI is InChI=1S/C17H14ClN3OS/c1-23-16-20-11-9-14(21-16)17(22,12-6-3-2-4-7-12)13-8-5-10-19-15(13)18/h2-11,22H,1H3. The Hall–Kier alpha value is -1.95. The molecule has 3 aromatic rings. The molecule has 3 rings (SSSR count). The highest BCUT2D eigenvalue weighted by Crippen LogP contribution is 2.38. The van der Waals surface area contributed by atoms with Gasteiger partial charge in [0, 0.05) is 18.0 Å². The molecule has 0 radical (unpaired) electrons. The lowest BCUT2D eigenvalue weighted by Gasteiger charge is -2.29. The third-order valence-corrected chi connectivity index (χ3v) is 4.39. The summed E-state index contributed by atoms with van der Waals surface area (Å²) in [5.74, 6) is 0. The van der Waals surface area contributed by atoms with Crippen LogP contribution in [0.1, 0.15) is 16.8 Å². The molecule has 0 bridgehead atoms. The van der Waals surface area contributed by atoms with Crippen LogP contribution >= 0.6 is 23.4 Å².